The minimum absolute atomic E-state index is 0.0334. The first-order valence-corrected chi connectivity index (χ1v) is 8.45. The summed E-state index contributed by atoms with van der Waals surface area (Å²) < 4.78 is 5.26. The van der Waals surface area contributed by atoms with Crippen LogP contribution in [0.4, 0.5) is 11.4 Å². The Hall–Kier alpha value is -4.08. The Bertz CT molecular complexity index is 1060. The molecule has 0 spiro atoms. The second-order valence-electron chi connectivity index (χ2n) is 6.11. The van der Waals surface area contributed by atoms with Crippen molar-refractivity contribution in [3.63, 3.8) is 0 Å². The highest BCUT2D eigenvalue weighted by atomic mass is 16.6. The van der Waals surface area contributed by atoms with Gasteiger partial charge in [-0.15, -0.1) is 0 Å². The van der Waals surface area contributed by atoms with Crippen LogP contribution in [-0.4, -0.2) is 34.0 Å². The maximum atomic E-state index is 10.8. The van der Waals surface area contributed by atoms with Gasteiger partial charge in [-0.05, 0) is 23.3 Å². The number of benzene rings is 2. The number of nitro benzene ring substituents is 2. The van der Waals surface area contributed by atoms with Gasteiger partial charge < -0.3 is 9.84 Å². The van der Waals surface area contributed by atoms with E-state index in [9.17, 15) is 25.3 Å². The summed E-state index contributed by atoms with van der Waals surface area (Å²) in [6.45, 7) is 4.79. The van der Waals surface area contributed by atoms with Crippen molar-refractivity contribution in [3.8, 4) is 11.5 Å². The highest BCUT2D eigenvalue weighted by Gasteiger charge is 2.20. The largest absolute Gasteiger partial charge is 0.502 e. The molecular formula is C19H16N4O6. The fraction of sp³-hybridized carbons (Fsp3) is 0.158. The van der Waals surface area contributed by atoms with Crippen LogP contribution in [0.15, 0.2) is 46.9 Å². The number of phenols is 1. The zero-order valence-corrected chi connectivity index (χ0v) is 15.1. The number of nitro groups is 2. The van der Waals surface area contributed by atoms with Gasteiger partial charge in [0, 0.05) is 35.7 Å². The third kappa shape index (κ3) is 4.26. The van der Waals surface area contributed by atoms with E-state index >= 15 is 0 Å². The van der Waals surface area contributed by atoms with Crippen molar-refractivity contribution in [1.82, 2.24) is 0 Å². The summed E-state index contributed by atoms with van der Waals surface area (Å²) in [5, 5.41) is 30.5. The van der Waals surface area contributed by atoms with E-state index in [1.807, 2.05) is 0 Å². The summed E-state index contributed by atoms with van der Waals surface area (Å²) in [7, 11) is 0. The van der Waals surface area contributed by atoms with Crippen molar-refractivity contribution >= 4 is 23.8 Å². The highest BCUT2D eigenvalue weighted by Crippen LogP contribution is 2.32. The van der Waals surface area contributed by atoms with Crippen molar-refractivity contribution in [2.75, 3.05) is 6.61 Å². The van der Waals surface area contributed by atoms with Crippen LogP contribution in [-0.2, 0) is 13.1 Å². The summed E-state index contributed by atoms with van der Waals surface area (Å²) in [6.07, 6.45) is 4.76. The third-order valence-corrected chi connectivity index (χ3v) is 4.19. The number of nitrogens with zero attached hydrogens (tertiary/aromatic N) is 4. The molecule has 0 bridgehead atoms. The van der Waals surface area contributed by atoms with E-state index in [1.165, 1.54) is 18.2 Å². The maximum absolute atomic E-state index is 10.8. The normalized spacial score (nSPS) is 12.6. The molecular weight excluding hydrogens is 380 g/mol. The van der Waals surface area contributed by atoms with Crippen LogP contribution in [0.2, 0.25) is 0 Å². The molecule has 2 aromatic rings. The number of aromatic hydroxyl groups is 1. The molecule has 0 saturated heterocycles. The molecule has 0 radical (unpaired) electrons. The molecule has 1 N–H and O–H groups in total. The molecule has 2 aliphatic heterocycles. The van der Waals surface area contributed by atoms with Gasteiger partial charge in [0.05, 0.1) is 22.9 Å². The number of hydrogen-bond acceptors (Lipinski definition) is 8. The Balaban J connectivity index is 0.000000169. The van der Waals surface area contributed by atoms with Crippen LogP contribution in [0, 0.1) is 20.2 Å². The van der Waals surface area contributed by atoms with Crippen LogP contribution in [0.5, 0.6) is 11.5 Å². The second-order valence-corrected chi connectivity index (χ2v) is 6.11. The van der Waals surface area contributed by atoms with Gasteiger partial charge in [0.25, 0.3) is 0 Å². The first kappa shape index (κ1) is 19.7. The summed E-state index contributed by atoms with van der Waals surface area (Å²) in [5.74, 6) is -0.0246. The molecule has 0 fully saturated rings. The lowest BCUT2D eigenvalue weighted by atomic mass is 10.1. The number of fused-ring (bicyclic) bond motifs is 2. The van der Waals surface area contributed by atoms with Gasteiger partial charge in [0.1, 0.15) is 6.61 Å². The number of aliphatic imine (C=N–C) groups is 2. The van der Waals surface area contributed by atoms with Crippen LogP contribution in [0.3, 0.4) is 0 Å². The van der Waals surface area contributed by atoms with E-state index in [4.69, 9.17) is 4.74 Å². The van der Waals surface area contributed by atoms with Crippen molar-refractivity contribution in [3.05, 3.63) is 79.4 Å². The standard InChI is InChI=1S/C11H10N2O3.C8H6N2O3/c1-2-3-16-11-5-9-7-12-6-8(9)4-10(11)13(14)15;11-8-2-6-4-9-3-5(6)1-7(8)10(12)13/h2,4-6H,1,3,7H2;1-3,11H,4H2. The van der Waals surface area contributed by atoms with Gasteiger partial charge in [-0.1, -0.05) is 12.7 Å². The fourth-order valence-corrected chi connectivity index (χ4v) is 2.82. The molecule has 148 valence electrons. The van der Waals surface area contributed by atoms with Gasteiger partial charge in [-0.2, -0.15) is 0 Å². The molecule has 2 aliphatic rings. The van der Waals surface area contributed by atoms with Gasteiger partial charge in [0.15, 0.2) is 11.5 Å². The number of hydrogen-bond donors (Lipinski definition) is 1. The summed E-state index contributed by atoms with van der Waals surface area (Å²) in [5.41, 5.74) is 2.97. The molecule has 29 heavy (non-hydrogen) atoms. The minimum atomic E-state index is -0.609. The first-order valence-electron chi connectivity index (χ1n) is 8.45. The average molecular weight is 396 g/mol. The number of ether oxygens (including phenoxy) is 1. The van der Waals surface area contributed by atoms with Gasteiger partial charge in [0.2, 0.25) is 0 Å². The van der Waals surface area contributed by atoms with E-state index in [-0.39, 0.29) is 29.5 Å². The molecule has 0 atom stereocenters. The molecule has 10 heteroatoms. The maximum Gasteiger partial charge on any atom is 0.311 e. The molecule has 0 aliphatic carbocycles. The molecule has 0 unspecified atom stereocenters. The van der Waals surface area contributed by atoms with E-state index in [0.29, 0.717) is 18.7 Å². The van der Waals surface area contributed by atoms with Crippen molar-refractivity contribution in [2.24, 2.45) is 9.98 Å². The van der Waals surface area contributed by atoms with Crippen LogP contribution < -0.4 is 4.74 Å². The van der Waals surface area contributed by atoms with Crippen LogP contribution in [0.1, 0.15) is 22.3 Å². The third-order valence-electron chi connectivity index (χ3n) is 4.19. The van der Waals surface area contributed by atoms with E-state index in [1.54, 1.807) is 24.6 Å². The Morgan fingerprint density at radius 1 is 1.00 bits per heavy atom. The van der Waals surface area contributed by atoms with Gasteiger partial charge >= 0.3 is 11.4 Å². The Labute approximate surface area is 164 Å². The Kier molecular flexibility index (Phi) is 5.63. The highest BCUT2D eigenvalue weighted by molar-refractivity contribution is 5.87. The quantitative estimate of drug-likeness (QED) is 0.467. The van der Waals surface area contributed by atoms with E-state index in [0.717, 1.165) is 16.7 Å². The molecule has 0 aromatic heterocycles. The van der Waals surface area contributed by atoms with Crippen molar-refractivity contribution in [1.29, 1.82) is 0 Å². The molecule has 10 nitrogen and oxygen atoms in total. The molecule has 2 aromatic carbocycles. The Morgan fingerprint density at radius 3 is 2.10 bits per heavy atom. The Morgan fingerprint density at radius 2 is 1.55 bits per heavy atom. The fourth-order valence-electron chi connectivity index (χ4n) is 2.82. The zero-order chi connectivity index (χ0) is 21.0. The summed E-state index contributed by atoms with van der Waals surface area (Å²) in [4.78, 5) is 28.2. The molecule has 4 rings (SSSR count). The van der Waals surface area contributed by atoms with Crippen LogP contribution >= 0.6 is 0 Å². The van der Waals surface area contributed by atoms with Gasteiger partial charge in [-0.3, -0.25) is 30.2 Å². The minimum Gasteiger partial charge on any atom is -0.502 e. The average Bonchev–Trinajstić information content (AvgIpc) is 3.33. The van der Waals surface area contributed by atoms with E-state index < -0.39 is 9.85 Å². The smallest absolute Gasteiger partial charge is 0.311 e. The zero-order valence-electron chi connectivity index (χ0n) is 15.1. The van der Waals surface area contributed by atoms with Gasteiger partial charge in [-0.25, -0.2) is 0 Å². The number of phenolic OH excluding ortho intramolecular Hbond substituents is 1. The monoisotopic (exact) mass is 396 g/mol. The summed E-state index contributed by atoms with van der Waals surface area (Å²) in [6, 6.07) is 5.88. The van der Waals surface area contributed by atoms with Crippen molar-refractivity contribution in [2.45, 2.75) is 13.1 Å². The predicted molar refractivity (Wildman–Crippen MR) is 106 cm³/mol. The lowest BCUT2D eigenvalue weighted by Gasteiger charge is -2.06. The topological polar surface area (TPSA) is 140 Å². The first-order chi connectivity index (χ1) is 13.9. The van der Waals surface area contributed by atoms with E-state index in [2.05, 4.69) is 16.6 Å². The SMILES string of the molecule is C=CCOc1cc2c(cc1[N+](=O)[O-])C=NC2.O=[N+]([O-])c1cc2c(cc1O)CN=C2. The lowest BCUT2D eigenvalue weighted by Crippen LogP contribution is -2.00. The second kappa shape index (κ2) is 8.30. The number of rotatable bonds is 5. The lowest BCUT2D eigenvalue weighted by molar-refractivity contribution is -0.386. The molecule has 2 heterocycles. The van der Waals surface area contributed by atoms with Crippen molar-refractivity contribution < 1.29 is 19.7 Å². The summed E-state index contributed by atoms with van der Waals surface area (Å²) >= 11 is 0. The predicted octanol–water partition coefficient (Wildman–Crippen LogP) is 3.33. The molecule has 0 saturated carbocycles. The van der Waals surface area contributed by atoms with Crippen LogP contribution in [0.25, 0.3) is 0 Å². The molecule has 0 amide bonds.